The first-order valence-electron chi connectivity index (χ1n) is 13.2. The van der Waals surface area contributed by atoms with Gasteiger partial charge in [0.2, 0.25) is 10.0 Å². The molecule has 2 saturated heterocycles. The van der Waals surface area contributed by atoms with Crippen molar-refractivity contribution in [3.05, 3.63) is 35.5 Å². The van der Waals surface area contributed by atoms with Crippen molar-refractivity contribution in [1.82, 2.24) is 9.71 Å². The molecule has 1 saturated carbocycles. The van der Waals surface area contributed by atoms with Gasteiger partial charge in [-0.15, -0.1) is 0 Å². The summed E-state index contributed by atoms with van der Waals surface area (Å²) in [4.78, 5) is 21.4. The number of ether oxygens (including phenoxy) is 1. The standard InChI is InChI=1S/C26H31F2N5O5S/c27-26(28)15-33(16-26)23-22-17(3-12-38-22)13-20(30-23)24(35)31-19-2-1-18(39(36,37)29-8-11-34)14-21(19)32-9-6-25(4-5-25)7-10-32/h1-2,13-14,29,34H,3-12,15-16H2,(H,31,35). The van der Waals surface area contributed by atoms with E-state index in [0.717, 1.165) is 31.5 Å². The van der Waals surface area contributed by atoms with E-state index >= 15 is 0 Å². The van der Waals surface area contributed by atoms with Gasteiger partial charge in [0.15, 0.2) is 11.6 Å². The molecule has 0 bridgehead atoms. The zero-order valence-electron chi connectivity index (χ0n) is 21.4. The minimum Gasteiger partial charge on any atom is -0.489 e. The van der Waals surface area contributed by atoms with Gasteiger partial charge in [0, 0.05) is 31.6 Å². The van der Waals surface area contributed by atoms with Gasteiger partial charge in [0.1, 0.15) is 5.69 Å². The van der Waals surface area contributed by atoms with E-state index in [4.69, 9.17) is 9.84 Å². The molecular formula is C26H31F2N5O5S. The number of piperidine rings is 1. The number of benzene rings is 1. The largest absolute Gasteiger partial charge is 0.489 e. The van der Waals surface area contributed by atoms with E-state index in [1.165, 1.54) is 29.9 Å². The van der Waals surface area contributed by atoms with Gasteiger partial charge in [-0.2, -0.15) is 0 Å². The molecule has 4 aliphatic rings. The predicted molar refractivity (Wildman–Crippen MR) is 140 cm³/mol. The third kappa shape index (κ3) is 5.14. The summed E-state index contributed by atoms with van der Waals surface area (Å²) in [7, 11) is -3.86. The Labute approximate surface area is 225 Å². The Hall–Kier alpha value is -3.03. The van der Waals surface area contributed by atoms with Crippen molar-refractivity contribution in [2.75, 3.05) is 61.1 Å². The molecule has 4 heterocycles. The highest BCUT2D eigenvalue weighted by atomic mass is 32.2. The summed E-state index contributed by atoms with van der Waals surface area (Å²) in [6, 6.07) is 6.12. The second kappa shape index (κ2) is 9.56. The molecule has 39 heavy (non-hydrogen) atoms. The number of hydrogen-bond acceptors (Lipinski definition) is 8. The Morgan fingerprint density at radius 2 is 1.85 bits per heavy atom. The van der Waals surface area contributed by atoms with Crippen LogP contribution in [-0.4, -0.2) is 76.3 Å². The summed E-state index contributed by atoms with van der Waals surface area (Å²) >= 11 is 0. The van der Waals surface area contributed by atoms with Crippen molar-refractivity contribution in [2.24, 2.45) is 5.41 Å². The van der Waals surface area contributed by atoms with Crippen molar-refractivity contribution in [1.29, 1.82) is 0 Å². The van der Waals surface area contributed by atoms with E-state index in [1.54, 1.807) is 12.1 Å². The summed E-state index contributed by atoms with van der Waals surface area (Å²) in [5.41, 5.74) is 2.23. The molecule has 1 aromatic heterocycles. The fraction of sp³-hybridized carbons (Fsp3) is 0.538. The quantitative estimate of drug-likeness (QED) is 0.447. The van der Waals surface area contributed by atoms with Gasteiger partial charge in [0.05, 0.1) is 42.6 Å². The SMILES string of the molecule is O=C(Nc1ccc(S(=O)(=O)NCCO)cc1N1CCC2(CC1)CC2)c1cc2c(c(N3CC(F)(F)C3)n1)OCC2. The number of halogens is 2. The van der Waals surface area contributed by atoms with Crippen molar-refractivity contribution in [3.8, 4) is 5.75 Å². The highest BCUT2D eigenvalue weighted by molar-refractivity contribution is 7.89. The first-order chi connectivity index (χ1) is 18.6. The average molecular weight is 564 g/mol. The molecule has 1 aromatic carbocycles. The van der Waals surface area contributed by atoms with Gasteiger partial charge in [-0.25, -0.2) is 26.9 Å². The van der Waals surface area contributed by atoms with E-state index in [-0.39, 0.29) is 29.6 Å². The van der Waals surface area contributed by atoms with Crippen LogP contribution in [-0.2, 0) is 16.4 Å². The maximum Gasteiger partial charge on any atom is 0.282 e. The second-order valence-corrected chi connectivity index (χ2v) is 12.6. The Bertz CT molecular complexity index is 1400. The number of carbonyl (C=O) groups is 1. The van der Waals surface area contributed by atoms with Crippen LogP contribution in [0.25, 0.3) is 0 Å². The number of nitrogens with one attached hydrogen (secondary N) is 2. The zero-order valence-corrected chi connectivity index (χ0v) is 22.2. The molecule has 3 fully saturated rings. The van der Waals surface area contributed by atoms with Crippen LogP contribution in [0.5, 0.6) is 5.75 Å². The van der Waals surface area contributed by atoms with Gasteiger partial charge in [-0.05, 0) is 55.4 Å². The fourth-order valence-corrected chi connectivity index (χ4v) is 6.60. The minimum absolute atomic E-state index is 0.0319. The number of pyridine rings is 1. The third-order valence-electron chi connectivity index (χ3n) is 8.08. The van der Waals surface area contributed by atoms with Crippen LogP contribution in [0, 0.1) is 5.41 Å². The second-order valence-electron chi connectivity index (χ2n) is 10.9. The lowest BCUT2D eigenvalue weighted by Gasteiger charge is -2.40. The number of sulfonamides is 1. The normalized spacial score (nSPS) is 20.8. The van der Waals surface area contributed by atoms with Crippen LogP contribution < -0.4 is 24.6 Å². The number of aliphatic hydroxyl groups is 1. The van der Waals surface area contributed by atoms with Crippen LogP contribution in [0.1, 0.15) is 41.7 Å². The molecule has 0 radical (unpaired) electrons. The van der Waals surface area contributed by atoms with Gasteiger partial charge >= 0.3 is 0 Å². The monoisotopic (exact) mass is 563 g/mol. The zero-order chi connectivity index (χ0) is 27.4. The Morgan fingerprint density at radius 3 is 2.51 bits per heavy atom. The van der Waals surface area contributed by atoms with E-state index < -0.39 is 34.9 Å². The number of anilines is 3. The Balaban J connectivity index is 1.30. The van der Waals surface area contributed by atoms with Crippen molar-refractivity contribution in [2.45, 2.75) is 42.9 Å². The van der Waals surface area contributed by atoms with E-state index in [9.17, 15) is 22.0 Å². The average Bonchev–Trinajstić information content (AvgIpc) is 3.47. The molecule has 3 aliphatic heterocycles. The fourth-order valence-electron chi connectivity index (χ4n) is 5.56. The molecule has 210 valence electrons. The number of hydrogen-bond donors (Lipinski definition) is 3. The number of carbonyl (C=O) groups excluding carboxylic acids is 1. The highest BCUT2D eigenvalue weighted by Crippen LogP contribution is 2.54. The first-order valence-corrected chi connectivity index (χ1v) is 14.7. The van der Waals surface area contributed by atoms with Gasteiger partial charge in [-0.3, -0.25) is 4.79 Å². The number of nitrogens with zero attached hydrogens (tertiary/aromatic N) is 3. The Kier molecular flexibility index (Phi) is 6.42. The van der Waals surface area contributed by atoms with Crippen molar-refractivity contribution >= 4 is 33.1 Å². The van der Waals surface area contributed by atoms with Gasteiger partial charge in [-0.1, -0.05) is 0 Å². The number of aliphatic hydroxyl groups excluding tert-OH is 1. The summed E-state index contributed by atoms with van der Waals surface area (Å²) in [5, 5.41) is 11.9. The molecule has 10 nitrogen and oxygen atoms in total. The summed E-state index contributed by atoms with van der Waals surface area (Å²) in [6.45, 7) is 0.450. The lowest BCUT2D eigenvalue weighted by atomic mass is 9.93. The lowest BCUT2D eigenvalue weighted by molar-refractivity contribution is -0.0269. The third-order valence-corrected chi connectivity index (χ3v) is 9.54. The molecular weight excluding hydrogens is 532 g/mol. The minimum atomic E-state index is -3.86. The number of rotatable bonds is 8. The molecule has 1 spiro atoms. The maximum atomic E-state index is 13.6. The van der Waals surface area contributed by atoms with Gasteiger partial charge < -0.3 is 25.0 Å². The molecule has 2 aromatic rings. The molecule has 0 unspecified atom stereocenters. The highest BCUT2D eigenvalue weighted by Gasteiger charge is 2.46. The number of aromatic nitrogens is 1. The summed E-state index contributed by atoms with van der Waals surface area (Å²) < 4.78 is 60.7. The molecule has 13 heteroatoms. The number of alkyl halides is 2. The van der Waals surface area contributed by atoms with Crippen LogP contribution in [0.2, 0.25) is 0 Å². The predicted octanol–water partition coefficient (Wildman–Crippen LogP) is 2.38. The molecule has 0 atom stereocenters. The topological polar surface area (TPSA) is 124 Å². The molecule has 6 rings (SSSR count). The van der Waals surface area contributed by atoms with E-state index in [1.807, 2.05) is 0 Å². The maximum absolute atomic E-state index is 13.6. The smallest absolute Gasteiger partial charge is 0.282 e. The lowest BCUT2D eigenvalue weighted by Crippen LogP contribution is -2.56. The molecule has 1 aliphatic carbocycles. The molecule has 3 N–H and O–H groups in total. The van der Waals surface area contributed by atoms with E-state index in [0.29, 0.717) is 35.6 Å². The van der Waals surface area contributed by atoms with Crippen LogP contribution in [0.4, 0.5) is 26.0 Å². The number of fused-ring (bicyclic) bond motifs is 1. The van der Waals surface area contributed by atoms with E-state index in [2.05, 4.69) is 19.9 Å². The molecule has 1 amide bonds. The van der Waals surface area contributed by atoms with Crippen LogP contribution in [0.3, 0.4) is 0 Å². The number of amides is 1. The summed E-state index contributed by atoms with van der Waals surface area (Å²) in [6.07, 6.45) is 4.96. The first kappa shape index (κ1) is 26.2. The van der Waals surface area contributed by atoms with Crippen LogP contribution in [0.15, 0.2) is 29.2 Å². The van der Waals surface area contributed by atoms with Crippen molar-refractivity contribution < 1.29 is 31.8 Å². The van der Waals surface area contributed by atoms with Crippen LogP contribution >= 0.6 is 0 Å². The van der Waals surface area contributed by atoms with Gasteiger partial charge in [0.25, 0.3) is 11.8 Å². The summed E-state index contributed by atoms with van der Waals surface area (Å²) in [5.74, 6) is -2.65. The Morgan fingerprint density at radius 1 is 1.10 bits per heavy atom. The van der Waals surface area contributed by atoms with Crippen molar-refractivity contribution in [3.63, 3.8) is 0 Å².